The Morgan fingerprint density at radius 1 is 0.936 bits per heavy atom. The quantitative estimate of drug-likeness (QED) is 0.124. The van der Waals surface area contributed by atoms with Gasteiger partial charge in [-0.3, -0.25) is 14.7 Å². The lowest BCUT2D eigenvalue weighted by Gasteiger charge is -2.26. The molecule has 1 saturated heterocycles. The average Bonchev–Trinajstić information content (AvgIpc) is 3.05. The molecule has 2 aliphatic heterocycles. The zero-order valence-corrected chi connectivity index (χ0v) is 26.0. The molecule has 2 aliphatic rings. The van der Waals surface area contributed by atoms with E-state index in [-0.39, 0.29) is 29.7 Å². The van der Waals surface area contributed by atoms with Crippen LogP contribution in [-0.2, 0) is 28.5 Å². The summed E-state index contributed by atoms with van der Waals surface area (Å²) >= 11 is 5.67. The first kappa shape index (κ1) is 32.8. The zero-order chi connectivity index (χ0) is 33.0. The molecular weight excluding hydrogens is 644 g/mol. The van der Waals surface area contributed by atoms with Gasteiger partial charge in [0, 0.05) is 50.8 Å². The van der Waals surface area contributed by atoms with Gasteiger partial charge in [0.2, 0.25) is 5.75 Å². The molecule has 13 heteroatoms. The van der Waals surface area contributed by atoms with Crippen LogP contribution in [0.1, 0.15) is 23.1 Å². The van der Waals surface area contributed by atoms with E-state index >= 15 is 4.39 Å². The minimum atomic E-state index is -4.66. The number of ketones is 1. The highest BCUT2D eigenvalue weighted by atomic mass is 35.5. The third-order valence-electron chi connectivity index (χ3n) is 7.80. The summed E-state index contributed by atoms with van der Waals surface area (Å²) in [5, 5.41) is 0.0736. The number of hydrogen-bond donors (Lipinski definition) is 0. The molecule has 0 N–H and O–H groups in total. The molecule has 0 atom stereocenters. The van der Waals surface area contributed by atoms with Crippen LogP contribution in [0, 0.1) is 5.82 Å². The number of pyridine rings is 1. The van der Waals surface area contributed by atoms with Crippen LogP contribution in [0.2, 0.25) is 5.02 Å². The molecule has 0 aliphatic carbocycles. The van der Waals surface area contributed by atoms with Crippen LogP contribution in [0.25, 0.3) is 10.9 Å². The monoisotopic (exact) mass is 674 g/mol. The van der Waals surface area contributed by atoms with Crippen LogP contribution in [0.15, 0.2) is 54.7 Å². The van der Waals surface area contributed by atoms with E-state index < -0.39 is 28.4 Å². The Morgan fingerprint density at radius 2 is 1.72 bits per heavy atom. The predicted octanol–water partition coefficient (Wildman–Crippen LogP) is 7.07. The number of halogens is 5. The molecule has 8 nitrogen and oxygen atoms in total. The van der Waals surface area contributed by atoms with E-state index in [2.05, 4.69) is 9.88 Å². The molecule has 0 radical (unpaired) electrons. The molecule has 0 spiro atoms. The maximum Gasteiger partial charge on any atom is 0.417 e. The summed E-state index contributed by atoms with van der Waals surface area (Å²) in [6.45, 7) is 5.28. The molecule has 1 fully saturated rings. The van der Waals surface area contributed by atoms with E-state index in [1.54, 1.807) is 18.3 Å². The van der Waals surface area contributed by atoms with Crippen molar-refractivity contribution >= 4 is 28.3 Å². The first-order valence-corrected chi connectivity index (χ1v) is 15.5. The van der Waals surface area contributed by atoms with Gasteiger partial charge in [0.1, 0.15) is 36.3 Å². The maximum atomic E-state index is 15.2. The molecule has 0 amide bonds. The van der Waals surface area contributed by atoms with Crippen molar-refractivity contribution in [3.8, 4) is 28.7 Å². The average molecular weight is 675 g/mol. The fraction of sp³-hybridized carbons (Fsp3) is 0.353. The Labute approximate surface area is 273 Å². The molecule has 47 heavy (non-hydrogen) atoms. The van der Waals surface area contributed by atoms with Gasteiger partial charge in [-0.15, -0.1) is 0 Å². The molecule has 4 aromatic rings. The number of rotatable bonds is 11. The van der Waals surface area contributed by atoms with Crippen molar-refractivity contribution in [3.05, 3.63) is 82.3 Å². The Morgan fingerprint density at radius 3 is 2.49 bits per heavy atom. The Bertz CT molecular complexity index is 1760. The van der Waals surface area contributed by atoms with E-state index in [9.17, 15) is 18.0 Å². The summed E-state index contributed by atoms with van der Waals surface area (Å²) in [5.41, 5.74) is -0.278. The summed E-state index contributed by atoms with van der Waals surface area (Å²) in [6, 6.07) is 10.7. The molecule has 3 aromatic carbocycles. The van der Waals surface area contributed by atoms with Crippen molar-refractivity contribution in [1.82, 2.24) is 9.88 Å². The van der Waals surface area contributed by atoms with E-state index in [4.69, 9.17) is 35.3 Å². The number of hydrogen-bond acceptors (Lipinski definition) is 8. The Kier molecular flexibility index (Phi) is 10.00. The van der Waals surface area contributed by atoms with Crippen LogP contribution >= 0.6 is 11.6 Å². The number of carbonyl (C=O) groups is 1. The highest BCUT2D eigenvalue weighted by Gasteiger charge is 2.33. The number of ether oxygens (including phenoxy) is 5. The SMILES string of the molecule is O=C(Cc1ccc(Cl)c(C(F)(F)F)c1)Cc1ccc(Oc2ccnc3cc(OCCCN4CCOCC4)c4c(c23)OCCO4)cc1F. The number of nitrogens with zero attached hydrogens (tertiary/aromatic N) is 2. The molecule has 0 unspecified atom stereocenters. The van der Waals surface area contributed by atoms with Gasteiger partial charge in [-0.25, -0.2) is 4.39 Å². The molecule has 248 valence electrons. The summed E-state index contributed by atoms with van der Waals surface area (Å²) in [6.07, 6.45) is -2.91. The van der Waals surface area contributed by atoms with Gasteiger partial charge in [0.15, 0.2) is 11.5 Å². The van der Waals surface area contributed by atoms with Gasteiger partial charge in [0.25, 0.3) is 0 Å². The summed E-state index contributed by atoms with van der Waals surface area (Å²) in [4.78, 5) is 19.5. The molecule has 0 saturated carbocycles. The van der Waals surface area contributed by atoms with Crippen LogP contribution in [0.5, 0.6) is 28.7 Å². The smallest absolute Gasteiger partial charge is 0.417 e. The second kappa shape index (κ2) is 14.3. The Balaban J connectivity index is 1.15. The standard InChI is InChI=1S/C34H31ClF4N2O6/c35-26-5-2-21(17-25(26)34(37,38)39)16-23(42)18-22-3-4-24(19-27(22)36)47-29-6-7-40-28-20-30(32-33(31(28)29)46-15-14-45-32)44-11-1-8-41-9-12-43-13-10-41/h2-7,17,19-20H,1,8-16,18H2. The van der Waals surface area contributed by atoms with Crippen molar-refractivity contribution in [2.75, 3.05) is 52.7 Å². The predicted molar refractivity (Wildman–Crippen MR) is 165 cm³/mol. The molecule has 0 bridgehead atoms. The van der Waals surface area contributed by atoms with Crippen molar-refractivity contribution < 1.29 is 46.0 Å². The number of morpholine rings is 1. The van der Waals surface area contributed by atoms with Gasteiger partial charge < -0.3 is 23.7 Å². The van der Waals surface area contributed by atoms with Crippen LogP contribution < -0.4 is 18.9 Å². The Hall–Kier alpha value is -4.13. The summed E-state index contributed by atoms with van der Waals surface area (Å²) in [7, 11) is 0. The fourth-order valence-corrected chi connectivity index (χ4v) is 5.75. The molecule has 6 rings (SSSR count). The third kappa shape index (κ3) is 7.89. The first-order chi connectivity index (χ1) is 22.7. The molecular formula is C34H31ClF4N2O6. The molecule has 3 heterocycles. The van der Waals surface area contributed by atoms with Gasteiger partial charge in [-0.05, 0) is 41.8 Å². The van der Waals surface area contributed by atoms with Crippen molar-refractivity contribution in [2.24, 2.45) is 0 Å². The molecule has 1 aromatic heterocycles. The van der Waals surface area contributed by atoms with Gasteiger partial charge in [0.05, 0.1) is 41.3 Å². The van der Waals surface area contributed by atoms with Crippen molar-refractivity contribution in [3.63, 3.8) is 0 Å². The maximum absolute atomic E-state index is 15.2. The minimum absolute atomic E-state index is 0.0801. The van der Waals surface area contributed by atoms with Gasteiger partial charge in [-0.2, -0.15) is 13.2 Å². The van der Waals surface area contributed by atoms with E-state index in [0.717, 1.165) is 57.5 Å². The number of benzene rings is 3. The van der Waals surface area contributed by atoms with E-state index in [1.807, 2.05) is 0 Å². The van der Waals surface area contributed by atoms with E-state index in [0.29, 0.717) is 53.7 Å². The normalized spacial score (nSPS) is 15.1. The highest BCUT2D eigenvalue weighted by Crippen LogP contribution is 2.48. The van der Waals surface area contributed by atoms with Crippen molar-refractivity contribution in [1.29, 1.82) is 0 Å². The van der Waals surface area contributed by atoms with Crippen LogP contribution in [0.4, 0.5) is 17.6 Å². The van der Waals surface area contributed by atoms with Gasteiger partial charge >= 0.3 is 6.18 Å². The van der Waals surface area contributed by atoms with Gasteiger partial charge in [-0.1, -0.05) is 23.7 Å². The number of Topliss-reactive ketones (excluding diaryl/α,β-unsaturated/α-hetero) is 1. The number of fused-ring (bicyclic) bond motifs is 3. The number of aromatic nitrogens is 1. The second-order valence-electron chi connectivity index (χ2n) is 11.1. The number of carbonyl (C=O) groups excluding carboxylic acids is 1. The lowest BCUT2D eigenvalue weighted by atomic mass is 10.0. The largest absolute Gasteiger partial charge is 0.489 e. The third-order valence-corrected chi connectivity index (χ3v) is 8.13. The number of alkyl halides is 3. The topological polar surface area (TPSA) is 79.4 Å². The fourth-order valence-electron chi connectivity index (χ4n) is 5.53. The van der Waals surface area contributed by atoms with Crippen molar-refractivity contribution in [2.45, 2.75) is 25.4 Å². The highest BCUT2D eigenvalue weighted by molar-refractivity contribution is 6.31. The van der Waals surface area contributed by atoms with Crippen LogP contribution in [-0.4, -0.2) is 68.3 Å². The zero-order valence-electron chi connectivity index (χ0n) is 25.2. The van der Waals surface area contributed by atoms with E-state index in [1.165, 1.54) is 18.2 Å². The summed E-state index contributed by atoms with van der Waals surface area (Å²) < 4.78 is 84.3. The first-order valence-electron chi connectivity index (χ1n) is 15.1. The van der Waals surface area contributed by atoms with Crippen LogP contribution in [0.3, 0.4) is 0 Å². The lowest BCUT2D eigenvalue weighted by molar-refractivity contribution is -0.137. The second-order valence-corrected chi connectivity index (χ2v) is 11.6. The summed E-state index contributed by atoms with van der Waals surface area (Å²) in [5.74, 6) is 0.711. The lowest BCUT2D eigenvalue weighted by Crippen LogP contribution is -2.37. The minimum Gasteiger partial charge on any atom is -0.489 e.